The van der Waals surface area contributed by atoms with Crippen molar-refractivity contribution in [2.75, 3.05) is 18.0 Å². The largest absolute Gasteiger partial charge is 0.490 e. The summed E-state index contributed by atoms with van der Waals surface area (Å²) < 4.78 is 49.4. The van der Waals surface area contributed by atoms with Crippen LogP contribution in [0, 0.1) is 0 Å². The van der Waals surface area contributed by atoms with Gasteiger partial charge < -0.3 is 19.7 Å². The molecule has 8 nitrogen and oxygen atoms in total. The van der Waals surface area contributed by atoms with E-state index in [2.05, 4.69) is 15.5 Å². The lowest BCUT2D eigenvalue weighted by molar-refractivity contribution is -0.192. The molecule has 2 N–H and O–H groups in total. The molecule has 1 saturated heterocycles. The van der Waals surface area contributed by atoms with Gasteiger partial charge in [-0.3, -0.25) is 4.79 Å². The van der Waals surface area contributed by atoms with E-state index in [1.165, 1.54) is 0 Å². The fourth-order valence-corrected chi connectivity index (χ4v) is 1.67. The average Bonchev–Trinajstić information content (AvgIpc) is 3.15. The lowest BCUT2D eigenvalue weighted by Crippen LogP contribution is -2.28. The molecule has 2 heterocycles. The van der Waals surface area contributed by atoms with Crippen LogP contribution in [0.3, 0.4) is 0 Å². The molecule has 136 valence electrons. The summed E-state index contributed by atoms with van der Waals surface area (Å²) in [7, 11) is 0. The van der Waals surface area contributed by atoms with Crippen molar-refractivity contribution in [2.45, 2.75) is 31.2 Å². The van der Waals surface area contributed by atoms with Crippen molar-refractivity contribution in [1.29, 1.82) is 0 Å². The number of aliphatic carboxylic acids is 1. The minimum absolute atomic E-state index is 0.0210. The zero-order chi connectivity index (χ0) is 18.3. The highest BCUT2D eigenvalue weighted by molar-refractivity contribution is 6.29. The van der Waals surface area contributed by atoms with Gasteiger partial charge in [0.15, 0.2) is 0 Å². The maximum Gasteiger partial charge on any atom is 0.490 e. The molecule has 13 heteroatoms. The molecule has 0 saturated carbocycles. The molecule has 24 heavy (non-hydrogen) atoms. The number of carboxylic acids is 1. The first-order valence-electron chi connectivity index (χ1n) is 6.54. The van der Waals surface area contributed by atoms with E-state index in [1.807, 2.05) is 4.90 Å². The predicted molar refractivity (Wildman–Crippen MR) is 72.0 cm³/mol. The van der Waals surface area contributed by atoms with Gasteiger partial charge in [-0.25, -0.2) is 9.18 Å². The van der Waals surface area contributed by atoms with Crippen LogP contribution in [0.25, 0.3) is 0 Å². The number of alkyl halides is 5. The number of hydrogen-bond donors (Lipinski definition) is 2. The van der Waals surface area contributed by atoms with Crippen LogP contribution < -0.4 is 10.2 Å². The Hall–Kier alpha value is -2.11. The van der Waals surface area contributed by atoms with Gasteiger partial charge in [-0.05, 0) is 12.8 Å². The molecular weight excluding hydrogens is 364 g/mol. The molecule has 1 unspecified atom stereocenters. The van der Waals surface area contributed by atoms with Gasteiger partial charge in [0.1, 0.15) is 0 Å². The fraction of sp³-hybridized carbons (Fsp3) is 0.636. The average molecular weight is 377 g/mol. The van der Waals surface area contributed by atoms with E-state index in [9.17, 15) is 22.4 Å². The van der Waals surface area contributed by atoms with Crippen molar-refractivity contribution in [2.24, 2.45) is 0 Å². The Labute approximate surface area is 137 Å². The Kier molecular flexibility index (Phi) is 7.19. The lowest BCUT2D eigenvalue weighted by atomic mass is 10.4. The second-order valence-electron chi connectivity index (χ2n) is 4.49. The molecule has 2 rings (SSSR count). The minimum atomic E-state index is -5.08. The van der Waals surface area contributed by atoms with Crippen molar-refractivity contribution in [3.05, 3.63) is 5.89 Å². The molecule has 0 spiro atoms. The first-order chi connectivity index (χ1) is 11.1. The van der Waals surface area contributed by atoms with E-state index in [1.54, 1.807) is 0 Å². The number of carboxylic acid groups (broad SMARTS) is 1. The monoisotopic (exact) mass is 376 g/mol. The van der Waals surface area contributed by atoms with Crippen molar-refractivity contribution >= 4 is 29.5 Å². The predicted octanol–water partition coefficient (Wildman–Crippen LogP) is 1.45. The highest BCUT2D eigenvalue weighted by atomic mass is 35.5. The van der Waals surface area contributed by atoms with Crippen molar-refractivity contribution < 1.29 is 36.7 Å². The molecule has 0 radical (unpaired) electrons. The van der Waals surface area contributed by atoms with Crippen LogP contribution >= 0.6 is 11.6 Å². The SMILES string of the molecule is O=C(NCc1nnc(N2CCCC2)o1)C(F)Cl.O=C(O)C(F)(F)F. The summed E-state index contributed by atoms with van der Waals surface area (Å²) in [5, 5.41) is 17.0. The summed E-state index contributed by atoms with van der Waals surface area (Å²) in [4.78, 5) is 21.7. The standard InChI is InChI=1S/C9H12ClFN4O2.C2HF3O2/c10-7(11)8(16)12-5-6-13-14-9(17-6)15-3-1-2-4-15;3-2(4,5)1(6)7/h7H,1-5H2,(H,12,16);(H,6,7). The molecule has 0 bridgehead atoms. The van der Waals surface area contributed by atoms with Gasteiger partial charge in [0.05, 0.1) is 6.54 Å². The summed E-state index contributed by atoms with van der Waals surface area (Å²) in [6.07, 6.45) is -2.88. The number of hydrogen-bond acceptors (Lipinski definition) is 6. The highest BCUT2D eigenvalue weighted by Crippen LogP contribution is 2.18. The van der Waals surface area contributed by atoms with Gasteiger partial charge in [-0.15, -0.1) is 5.10 Å². The van der Waals surface area contributed by atoms with E-state index in [0.29, 0.717) is 6.01 Å². The van der Waals surface area contributed by atoms with Crippen LogP contribution in [-0.4, -0.2) is 52.1 Å². The third-order valence-corrected chi connectivity index (χ3v) is 2.89. The summed E-state index contributed by atoms with van der Waals surface area (Å²) in [5.74, 6) is -3.43. The summed E-state index contributed by atoms with van der Waals surface area (Å²) in [6, 6.07) is 0.439. The Morgan fingerprint density at radius 2 is 1.88 bits per heavy atom. The topological polar surface area (TPSA) is 109 Å². The smallest absolute Gasteiger partial charge is 0.475 e. The minimum Gasteiger partial charge on any atom is -0.475 e. The van der Waals surface area contributed by atoms with Crippen molar-refractivity contribution in [1.82, 2.24) is 15.5 Å². The number of anilines is 1. The third-order valence-electron chi connectivity index (χ3n) is 2.69. The van der Waals surface area contributed by atoms with Crippen LogP contribution in [0.4, 0.5) is 23.6 Å². The number of carbonyl (C=O) groups is 2. The molecule has 0 aliphatic carbocycles. The molecule has 1 atom stereocenters. The van der Waals surface area contributed by atoms with Crippen LogP contribution in [0.15, 0.2) is 4.42 Å². The van der Waals surface area contributed by atoms with E-state index in [0.717, 1.165) is 25.9 Å². The summed E-state index contributed by atoms with van der Waals surface area (Å²) in [6.45, 7) is 1.76. The van der Waals surface area contributed by atoms with Crippen LogP contribution in [0.2, 0.25) is 0 Å². The zero-order valence-electron chi connectivity index (χ0n) is 12.0. The molecule has 0 aromatic carbocycles. The number of aromatic nitrogens is 2. The van der Waals surface area contributed by atoms with Crippen LogP contribution in [0.1, 0.15) is 18.7 Å². The number of halogens is 5. The zero-order valence-corrected chi connectivity index (χ0v) is 12.8. The second-order valence-corrected chi connectivity index (χ2v) is 4.88. The van der Waals surface area contributed by atoms with Crippen molar-refractivity contribution in [3.8, 4) is 0 Å². The van der Waals surface area contributed by atoms with Crippen molar-refractivity contribution in [3.63, 3.8) is 0 Å². The van der Waals surface area contributed by atoms with Gasteiger partial charge in [-0.2, -0.15) is 13.2 Å². The fourth-order valence-electron chi connectivity index (χ4n) is 1.59. The molecular formula is C11H13ClF4N4O4. The first kappa shape index (κ1) is 19.9. The number of nitrogens with one attached hydrogen (secondary N) is 1. The third kappa shape index (κ3) is 6.56. The van der Waals surface area contributed by atoms with Gasteiger partial charge in [0.2, 0.25) is 5.89 Å². The highest BCUT2D eigenvalue weighted by Gasteiger charge is 2.38. The first-order valence-corrected chi connectivity index (χ1v) is 6.98. The molecule has 1 aromatic heterocycles. The number of nitrogens with zero attached hydrogens (tertiary/aromatic N) is 3. The maximum atomic E-state index is 12.3. The molecule has 1 fully saturated rings. The second kappa shape index (κ2) is 8.66. The summed E-state index contributed by atoms with van der Waals surface area (Å²) >= 11 is 4.95. The van der Waals surface area contributed by atoms with Gasteiger partial charge in [0.25, 0.3) is 11.5 Å². The van der Waals surface area contributed by atoms with Crippen LogP contribution in [0.5, 0.6) is 0 Å². The van der Waals surface area contributed by atoms with E-state index >= 15 is 0 Å². The molecule has 1 aliphatic heterocycles. The Morgan fingerprint density at radius 3 is 2.33 bits per heavy atom. The number of rotatable bonds is 4. The number of carbonyl (C=O) groups excluding carboxylic acids is 1. The summed E-state index contributed by atoms with van der Waals surface area (Å²) in [5.41, 5.74) is -2.06. The Bertz CT molecular complexity index is 560. The van der Waals surface area contributed by atoms with Gasteiger partial charge in [0, 0.05) is 13.1 Å². The van der Waals surface area contributed by atoms with E-state index < -0.39 is 23.7 Å². The Balaban J connectivity index is 0.000000351. The van der Waals surface area contributed by atoms with E-state index in [4.69, 9.17) is 25.9 Å². The lowest BCUT2D eigenvalue weighted by Gasteiger charge is -2.09. The molecule has 1 aromatic rings. The Morgan fingerprint density at radius 1 is 1.33 bits per heavy atom. The quantitative estimate of drug-likeness (QED) is 0.604. The molecule has 1 amide bonds. The maximum absolute atomic E-state index is 12.3. The number of amides is 1. The van der Waals surface area contributed by atoms with E-state index in [-0.39, 0.29) is 12.4 Å². The van der Waals surface area contributed by atoms with Gasteiger partial charge in [-0.1, -0.05) is 16.7 Å². The van der Waals surface area contributed by atoms with Crippen LogP contribution in [-0.2, 0) is 16.1 Å². The van der Waals surface area contributed by atoms with Gasteiger partial charge >= 0.3 is 18.2 Å². The normalized spacial score (nSPS) is 15.5. The molecule has 1 aliphatic rings.